The summed E-state index contributed by atoms with van der Waals surface area (Å²) in [5, 5.41) is 14.3. The van der Waals surface area contributed by atoms with Crippen LogP contribution in [0.4, 0.5) is 5.69 Å². The molecule has 0 bridgehead atoms. The molecule has 0 aliphatic carbocycles. The van der Waals surface area contributed by atoms with E-state index in [2.05, 4.69) is 47.8 Å². The summed E-state index contributed by atoms with van der Waals surface area (Å²) < 4.78 is 0. The molecule has 0 aromatic heterocycles. The molecule has 0 atom stereocenters. The van der Waals surface area contributed by atoms with Crippen molar-refractivity contribution in [1.29, 1.82) is 0 Å². The van der Waals surface area contributed by atoms with E-state index in [4.69, 9.17) is 0 Å². The lowest BCUT2D eigenvalue weighted by molar-refractivity contribution is -0.384. The molecular weight excluding hydrogens is 336 g/mol. The first-order valence-corrected chi connectivity index (χ1v) is 8.99. The summed E-state index contributed by atoms with van der Waals surface area (Å²) in [7, 11) is 0. The van der Waals surface area contributed by atoms with Crippen LogP contribution in [0.25, 0.3) is 5.57 Å². The lowest BCUT2D eigenvalue weighted by Gasteiger charge is -2.10. The van der Waals surface area contributed by atoms with Crippen molar-refractivity contribution >= 4 is 11.3 Å². The van der Waals surface area contributed by atoms with Crippen LogP contribution in [0.15, 0.2) is 91.0 Å². The fourth-order valence-corrected chi connectivity index (χ4v) is 2.94. The predicted molar refractivity (Wildman–Crippen MR) is 110 cm³/mol. The van der Waals surface area contributed by atoms with Crippen LogP contribution in [-0.4, -0.2) is 18.0 Å². The van der Waals surface area contributed by atoms with E-state index < -0.39 is 0 Å². The summed E-state index contributed by atoms with van der Waals surface area (Å²) in [6.45, 7) is 1.62. The zero-order valence-corrected chi connectivity index (χ0v) is 15.0. The topological polar surface area (TPSA) is 55.2 Å². The fourth-order valence-electron chi connectivity index (χ4n) is 2.94. The second-order valence-electron chi connectivity index (χ2n) is 6.23. The number of nitro groups is 1. The third kappa shape index (κ3) is 5.36. The van der Waals surface area contributed by atoms with E-state index in [9.17, 15) is 10.1 Å². The third-order valence-corrected chi connectivity index (χ3v) is 4.36. The van der Waals surface area contributed by atoms with Gasteiger partial charge < -0.3 is 5.32 Å². The van der Waals surface area contributed by atoms with Gasteiger partial charge in [-0.3, -0.25) is 10.1 Å². The zero-order valence-electron chi connectivity index (χ0n) is 15.0. The molecule has 0 saturated heterocycles. The second kappa shape index (κ2) is 9.46. The van der Waals surface area contributed by atoms with E-state index in [1.807, 2.05) is 24.3 Å². The summed E-state index contributed by atoms with van der Waals surface area (Å²) in [5.41, 5.74) is 4.55. The number of hydrogen-bond acceptors (Lipinski definition) is 3. The SMILES string of the molecule is O=[N+]([O-])c1ccc(/C(=C/CNCCc2ccccc2)c2ccccc2)cc1. The summed E-state index contributed by atoms with van der Waals surface area (Å²) in [6, 6.07) is 27.2. The minimum absolute atomic E-state index is 0.104. The van der Waals surface area contributed by atoms with Crippen molar-refractivity contribution in [3.05, 3.63) is 118 Å². The molecule has 4 heteroatoms. The highest BCUT2D eigenvalue weighted by atomic mass is 16.6. The summed E-state index contributed by atoms with van der Waals surface area (Å²) >= 11 is 0. The molecule has 136 valence electrons. The van der Waals surface area contributed by atoms with Gasteiger partial charge in [0.05, 0.1) is 4.92 Å². The van der Waals surface area contributed by atoms with Crippen LogP contribution in [0.3, 0.4) is 0 Å². The quantitative estimate of drug-likeness (QED) is 0.355. The van der Waals surface area contributed by atoms with Gasteiger partial charge >= 0.3 is 0 Å². The molecule has 0 fully saturated rings. The predicted octanol–water partition coefficient (Wildman–Crippen LogP) is 4.86. The second-order valence-corrected chi connectivity index (χ2v) is 6.23. The molecule has 0 heterocycles. The van der Waals surface area contributed by atoms with E-state index in [-0.39, 0.29) is 10.6 Å². The zero-order chi connectivity index (χ0) is 18.9. The van der Waals surface area contributed by atoms with Crippen molar-refractivity contribution < 1.29 is 4.92 Å². The largest absolute Gasteiger partial charge is 0.313 e. The lowest BCUT2D eigenvalue weighted by atomic mass is 9.97. The Morgan fingerprint density at radius 2 is 1.44 bits per heavy atom. The van der Waals surface area contributed by atoms with Crippen LogP contribution in [0.2, 0.25) is 0 Å². The molecule has 4 nitrogen and oxygen atoms in total. The molecule has 3 rings (SSSR count). The van der Waals surface area contributed by atoms with Gasteiger partial charge in [-0.1, -0.05) is 66.7 Å². The van der Waals surface area contributed by atoms with Crippen molar-refractivity contribution in [2.45, 2.75) is 6.42 Å². The number of hydrogen-bond donors (Lipinski definition) is 1. The van der Waals surface area contributed by atoms with Gasteiger partial charge in [-0.25, -0.2) is 0 Å². The monoisotopic (exact) mass is 358 g/mol. The molecule has 0 amide bonds. The first-order chi connectivity index (χ1) is 13.2. The molecule has 0 unspecified atom stereocenters. The first-order valence-electron chi connectivity index (χ1n) is 8.99. The van der Waals surface area contributed by atoms with Crippen LogP contribution < -0.4 is 5.32 Å². The Morgan fingerprint density at radius 3 is 2.07 bits per heavy atom. The summed E-state index contributed by atoms with van der Waals surface area (Å²) in [6.07, 6.45) is 3.12. The minimum Gasteiger partial charge on any atom is -0.313 e. The summed E-state index contributed by atoms with van der Waals surface area (Å²) in [5.74, 6) is 0. The molecule has 1 N–H and O–H groups in total. The smallest absolute Gasteiger partial charge is 0.269 e. The van der Waals surface area contributed by atoms with E-state index in [1.54, 1.807) is 24.3 Å². The molecule has 0 spiro atoms. The van der Waals surface area contributed by atoms with Gasteiger partial charge in [-0.2, -0.15) is 0 Å². The normalized spacial score (nSPS) is 11.3. The van der Waals surface area contributed by atoms with Gasteiger partial charge in [-0.15, -0.1) is 0 Å². The van der Waals surface area contributed by atoms with Crippen molar-refractivity contribution in [2.24, 2.45) is 0 Å². The number of nitro benzene ring substituents is 1. The lowest BCUT2D eigenvalue weighted by Crippen LogP contribution is -2.17. The van der Waals surface area contributed by atoms with Gasteiger partial charge in [-0.05, 0) is 47.4 Å². The number of rotatable bonds is 8. The standard InChI is InChI=1S/C23H22N2O2/c26-25(27)22-13-11-21(12-14-22)23(20-9-5-2-6-10-20)16-18-24-17-15-19-7-3-1-4-8-19/h1-14,16,24H,15,17-18H2/b23-16+. The molecule has 3 aromatic rings. The Morgan fingerprint density at radius 1 is 0.852 bits per heavy atom. The van der Waals surface area contributed by atoms with Gasteiger partial charge in [0.25, 0.3) is 5.69 Å². The molecule has 0 aliphatic rings. The van der Waals surface area contributed by atoms with Crippen LogP contribution in [-0.2, 0) is 6.42 Å². The number of benzene rings is 3. The molecule has 0 saturated carbocycles. The average Bonchev–Trinajstić information content (AvgIpc) is 2.72. The third-order valence-electron chi connectivity index (χ3n) is 4.36. The van der Waals surface area contributed by atoms with Gasteiger partial charge in [0, 0.05) is 18.7 Å². The van der Waals surface area contributed by atoms with Gasteiger partial charge in [0.2, 0.25) is 0 Å². The fraction of sp³-hybridized carbons (Fsp3) is 0.130. The molecule has 0 radical (unpaired) electrons. The van der Waals surface area contributed by atoms with E-state index in [0.717, 1.165) is 36.2 Å². The Balaban J connectivity index is 1.70. The highest BCUT2D eigenvalue weighted by molar-refractivity contribution is 5.80. The van der Waals surface area contributed by atoms with E-state index >= 15 is 0 Å². The van der Waals surface area contributed by atoms with E-state index in [1.165, 1.54) is 5.56 Å². The number of non-ortho nitro benzene ring substituents is 1. The first kappa shape index (κ1) is 18.5. The number of nitrogens with one attached hydrogen (secondary N) is 1. The van der Waals surface area contributed by atoms with Crippen LogP contribution in [0.5, 0.6) is 0 Å². The summed E-state index contributed by atoms with van der Waals surface area (Å²) in [4.78, 5) is 10.5. The maximum atomic E-state index is 10.9. The Hall–Kier alpha value is -3.24. The van der Waals surface area contributed by atoms with Gasteiger partial charge in [0.15, 0.2) is 0 Å². The van der Waals surface area contributed by atoms with Crippen LogP contribution in [0, 0.1) is 10.1 Å². The van der Waals surface area contributed by atoms with Crippen molar-refractivity contribution in [3.8, 4) is 0 Å². The molecule has 0 aliphatic heterocycles. The van der Waals surface area contributed by atoms with E-state index in [0.29, 0.717) is 0 Å². The molecular formula is C23H22N2O2. The minimum atomic E-state index is -0.374. The van der Waals surface area contributed by atoms with Crippen molar-refractivity contribution in [1.82, 2.24) is 5.32 Å². The maximum Gasteiger partial charge on any atom is 0.269 e. The highest BCUT2D eigenvalue weighted by Gasteiger charge is 2.08. The number of nitrogens with zero attached hydrogens (tertiary/aromatic N) is 1. The molecule has 3 aromatic carbocycles. The Kier molecular flexibility index (Phi) is 6.50. The van der Waals surface area contributed by atoms with Crippen molar-refractivity contribution in [3.63, 3.8) is 0 Å². The highest BCUT2D eigenvalue weighted by Crippen LogP contribution is 2.25. The average molecular weight is 358 g/mol. The Bertz CT molecular complexity index is 889. The maximum absolute atomic E-state index is 10.9. The van der Waals surface area contributed by atoms with Crippen LogP contribution >= 0.6 is 0 Å². The van der Waals surface area contributed by atoms with Crippen molar-refractivity contribution in [2.75, 3.05) is 13.1 Å². The van der Waals surface area contributed by atoms with Gasteiger partial charge in [0.1, 0.15) is 0 Å². The molecule has 27 heavy (non-hydrogen) atoms. The Labute approximate surface area is 159 Å². The van der Waals surface area contributed by atoms with Crippen LogP contribution in [0.1, 0.15) is 16.7 Å².